The Hall–Kier alpha value is -2.38. The molecule has 2 rings (SSSR count). The minimum atomic E-state index is -5.15. The molecule has 0 radical (unpaired) electrons. The number of aliphatic hydroxyl groups excluding tert-OH is 1. The minimum Gasteiger partial charge on any atom is -0.388 e. The van der Waals surface area contributed by atoms with Gasteiger partial charge in [0.2, 0.25) is 0 Å². The summed E-state index contributed by atoms with van der Waals surface area (Å²) >= 11 is -5.15. The van der Waals surface area contributed by atoms with Crippen LogP contribution in [-0.4, -0.2) is 50.9 Å². The molecule has 0 aliphatic heterocycles. The maximum atomic E-state index is 11.0. The van der Waals surface area contributed by atoms with E-state index in [0.29, 0.717) is 5.56 Å². The van der Waals surface area contributed by atoms with Crippen molar-refractivity contribution < 1.29 is 31.7 Å². The van der Waals surface area contributed by atoms with Crippen molar-refractivity contribution in [3.8, 4) is 5.75 Å². The summed E-state index contributed by atoms with van der Waals surface area (Å²) in [6, 6.07) is 12.5. The van der Waals surface area contributed by atoms with Crippen LogP contribution in [0.25, 0.3) is 0 Å². The van der Waals surface area contributed by atoms with Crippen LogP contribution < -0.4 is 9.67 Å². The normalized spacial score (nSPS) is 10.4. The van der Waals surface area contributed by atoms with Crippen molar-refractivity contribution in [1.82, 2.24) is 0 Å². The Morgan fingerprint density at radius 3 is 2.12 bits per heavy atom. The summed E-state index contributed by atoms with van der Waals surface area (Å²) in [7, 11) is 0. The van der Waals surface area contributed by atoms with E-state index in [1.54, 1.807) is 24.3 Å². The summed E-state index contributed by atoms with van der Waals surface area (Å²) in [5.74, 6) is -1.25. The molecule has 2 aromatic rings. The van der Waals surface area contributed by atoms with Crippen LogP contribution in [0, 0.1) is 0 Å². The molecule has 0 aliphatic rings. The molecule has 5 N–H and O–H groups in total. The summed E-state index contributed by atoms with van der Waals surface area (Å²) in [6.07, 6.45) is 0. The molecule has 0 spiro atoms. The van der Waals surface area contributed by atoms with Gasteiger partial charge in [0, 0.05) is 5.56 Å². The summed E-state index contributed by atoms with van der Waals surface area (Å²) in [5, 5.41) is 20.2. The quantitative estimate of drug-likeness (QED) is 0.266. The molecule has 2 aromatic carbocycles. The smallest absolute Gasteiger partial charge is 0.188 e. The predicted molar refractivity (Wildman–Crippen MR) is 90.8 cm³/mol. The molecule has 8 nitrogen and oxygen atoms in total. The van der Waals surface area contributed by atoms with Gasteiger partial charge in [0.1, 0.15) is 6.61 Å². The molecule has 0 saturated heterocycles. The topological polar surface area (TPSA) is 144 Å². The Balaban J connectivity index is 0.000000271. The molecule has 1 amide bonds. The zero-order valence-corrected chi connectivity index (χ0v) is 15.2. The number of ketones is 1. The van der Waals surface area contributed by atoms with Crippen LogP contribution >= 0.6 is 0 Å². The molecule has 0 bridgehead atoms. The Morgan fingerprint density at radius 1 is 1.04 bits per heavy atom. The van der Waals surface area contributed by atoms with Crippen molar-refractivity contribution in [2.24, 2.45) is 0 Å². The van der Waals surface area contributed by atoms with Gasteiger partial charge < -0.3 is 5.11 Å². The van der Waals surface area contributed by atoms with Gasteiger partial charge >= 0.3 is 88.1 Å². The predicted octanol–water partition coefficient (Wildman–Crippen LogP) is -0.227. The third kappa shape index (κ3) is 6.56. The molecular weight excluding hydrogens is 393 g/mol. The van der Waals surface area contributed by atoms with Gasteiger partial charge in [0.05, 0.1) is 0 Å². The summed E-state index contributed by atoms with van der Waals surface area (Å²) in [5.41, 5.74) is 0.551. The first-order valence-corrected chi connectivity index (χ1v) is 10.4. The average molecular weight is 411 g/mol. The van der Waals surface area contributed by atoms with Gasteiger partial charge in [-0.05, 0) is 0 Å². The molecule has 0 atom stereocenters. The van der Waals surface area contributed by atoms with Crippen LogP contribution in [0.2, 0.25) is 0 Å². The van der Waals surface area contributed by atoms with Gasteiger partial charge in [-0.3, -0.25) is 4.79 Å². The minimum absolute atomic E-state index is 0.00951. The fourth-order valence-electron chi connectivity index (χ4n) is 1.77. The second-order valence-electron chi connectivity index (χ2n) is 4.85. The van der Waals surface area contributed by atoms with E-state index in [-0.39, 0.29) is 11.5 Å². The van der Waals surface area contributed by atoms with E-state index >= 15 is 0 Å². The number of carbonyl (C=O) groups excluding carboxylic acids is 2. The van der Waals surface area contributed by atoms with E-state index in [1.807, 2.05) is 6.07 Å². The Morgan fingerprint density at radius 2 is 1.64 bits per heavy atom. The van der Waals surface area contributed by atoms with E-state index in [0.717, 1.165) is 6.07 Å². The van der Waals surface area contributed by atoms with Gasteiger partial charge in [-0.25, -0.2) is 0 Å². The van der Waals surface area contributed by atoms with Crippen molar-refractivity contribution in [3.63, 3.8) is 0 Å². The van der Waals surface area contributed by atoms with Crippen LogP contribution in [0.1, 0.15) is 17.3 Å². The monoisotopic (exact) mass is 411 g/mol. The molecule has 0 heterocycles. The van der Waals surface area contributed by atoms with Crippen LogP contribution in [0.5, 0.6) is 5.75 Å². The van der Waals surface area contributed by atoms with Crippen LogP contribution in [0.4, 0.5) is 5.69 Å². The van der Waals surface area contributed by atoms with Gasteiger partial charge in [-0.2, -0.15) is 0 Å². The first-order valence-electron chi connectivity index (χ1n) is 7.01. The van der Waals surface area contributed by atoms with Gasteiger partial charge in [-0.1, -0.05) is 30.3 Å². The van der Waals surface area contributed by atoms with Crippen molar-refractivity contribution in [1.29, 1.82) is 0 Å². The second kappa shape index (κ2) is 9.19. The number of rotatable bonds is 4. The number of hydrogen-bond donors (Lipinski definition) is 5. The molecule has 0 fully saturated rings. The Bertz CT molecular complexity index is 786. The third-order valence-electron chi connectivity index (χ3n) is 2.88. The average Bonchev–Trinajstić information content (AvgIpc) is 2.56. The molecule has 0 aromatic heterocycles. The summed E-state index contributed by atoms with van der Waals surface area (Å²) in [4.78, 5) is 21.5. The number of para-hydroxylation sites is 1. The number of benzene rings is 2. The summed E-state index contributed by atoms with van der Waals surface area (Å²) in [6.45, 7) is 0.818. The van der Waals surface area contributed by atoms with Crippen LogP contribution in [0.15, 0.2) is 48.5 Å². The van der Waals surface area contributed by atoms with Crippen LogP contribution in [0.3, 0.4) is 0 Å². The molecule has 0 aliphatic carbocycles. The maximum absolute atomic E-state index is 11.0. The first-order chi connectivity index (χ1) is 11.7. The number of anilines is 1. The van der Waals surface area contributed by atoms with Crippen molar-refractivity contribution in [2.75, 3.05) is 11.9 Å². The van der Waals surface area contributed by atoms with E-state index in [2.05, 4.69) is 5.32 Å². The Labute approximate surface area is 146 Å². The molecule has 9 heteroatoms. The number of phenols is 1. The number of carbonyl (C=O) groups is 2. The molecular formula is C16H18AsNO7. The molecule has 0 unspecified atom stereocenters. The maximum Gasteiger partial charge on any atom is 0.188 e. The van der Waals surface area contributed by atoms with E-state index in [4.69, 9.17) is 13.3 Å². The van der Waals surface area contributed by atoms with E-state index in [1.165, 1.54) is 19.1 Å². The number of phenolic OH excluding ortho intramolecular Hbond substituents is 1. The van der Waals surface area contributed by atoms with Crippen molar-refractivity contribution in [2.45, 2.75) is 6.92 Å². The van der Waals surface area contributed by atoms with Crippen LogP contribution in [-0.2, 0) is 8.53 Å². The van der Waals surface area contributed by atoms with Gasteiger partial charge in [0.25, 0.3) is 0 Å². The largest absolute Gasteiger partial charge is 0.388 e. The third-order valence-corrected chi connectivity index (χ3v) is 4.95. The zero-order chi connectivity index (χ0) is 19.0. The first kappa shape index (κ1) is 20.7. The molecule has 134 valence electrons. The molecule has 25 heavy (non-hydrogen) atoms. The zero-order valence-electron chi connectivity index (χ0n) is 13.3. The fraction of sp³-hybridized carbons (Fsp3) is 0.125. The van der Waals surface area contributed by atoms with Crippen molar-refractivity contribution >= 4 is 35.9 Å². The number of aliphatic hydroxyl groups is 1. The SMILES string of the molecule is CC(=O)Nc1cccc([As](=O)(O)O)c1O.O=C(CO)c1ccccc1. The van der Waals surface area contributed by atoms with Crippen molar-refractivity contribution in [3.05, 3.63) is 54.1 Å². The number of amides is 1. The fourth-order valence-corrected chi connectivity index (χ4v) is 3.19. The number of hydrogen-bond acceptors (Lipinski definition) is 5. The standard InChI is InChI=1S/C8H10AsNO5.C8H8O2/c1-5(11)10-7-4-2-3-6(8(7)12)9(13,14)15;9-6-8(10)7-4-2-1-3-5-7/h2-4,12H,1H3,(H,10,11)(H2,13,14,15);1-5,9H,6H2. The summed E-state index contributed by atoms with van der Waals surface area (Å²) < 4.78 is 28.4. The molecule has 0 saturated carbocycles. The number of aromatic hydroxyl groups is 1. The van der Waals surface area contributed by atoms with E-state index in [9.17, 15) is 18.4 Å². The van der Waals surface area contributed by atoms with E-state index < -0.39 is 36.8 Å². The van der Waals surface area contributed by atoms with Gasteiger partial charge in [-0.15, -0.1) is 0 Å². The Kier molecular flexibility index (Phi) is 7.60. The second-order valence-corrected chi connectivity index (χ2v) is 8.14. The number of Topliss-reactive ketones (excluding diaryl/α,β-unsaturated/α-hetero) is 1. The van der Waals surface area contributed by atoms with Gasteiger partial charge in [0.15, 0.2) is 5.78 Å². The number of nitrogens with one attached hydrogen (secondary N) is 1.